The van der Waals surface area contributed by atoms with E-state index in [9.17, 15) is 5.11 Å². The molecule has 1 heterocycles. The Morgan fingerprint density at radius 1 is 0.885 bits per heavy atom. The van der Waals surface area contributed by atoms with Crippen LogP contribution in [0.5, 0.6) is 0 Å². The summed E-state index contributed by atoms with van der Waals surface area (Å²) in [6.45, 7) is 12.2. The molecule has 6 aliphatic rings. The standard InChI is InChI=1S/C23H38O3/c1-19(2)16-7-11-22-10-6-15(23(13-22)14-25-20(3,4)26-23)12-17(22)21(16,5)9-8-18(19)24/h15-18,24H,6-14H2,1-5H3/t15-,16+,17-,18-,21+,22+,23+/m0/s1. The van der Waals surface area contributed by atoms with E-state index in [0.717, 1.165) is 18.9 Å². The maximum Gasteiger partial charge on any atom is 0.163 e. The van der Waals surface area contributed by atoms with E-state index in [-0.39, 0.29) is 17.1 Å². The molecule has 0 aromatic carbocycles. The zero-order valence-corrected chi connectivity index (χ0v) is 17.4. The third-order valence-corrected chi connectivity index (χ3v) is 9.99. The summed E-state index contributed by atoms with van der Waals surface area (Å²) in [6.07, 6.45) is 9.90. The van der Waals surface area contributed by atoms with Crippen LogP contribution in [-0.4, -0.2) is 29.2 Å². The third-order valence-electron chi connectivity index (χ3n) is 9.99. The minimum absolute atomic E-state index is 0.0227. The number of ether oxygens (including phenoxy) is 2. The van der Waals surface area contributed by atoms with Gasteiger partial charge in [0.25, 0.3) is 0 Å². The lowest BCUT2D eigenvalue weighted by molar-refractivity contribution is -0.262. The highest BCUT2D eigenvalue weighted by molar-refractivity contribution is 5.18. The molecule has 0 aromatic heterocycles. The fourth-order valence-corrected chi connectivity index (χ4v) is 8.83. The molecule has 3 nitrogen and oxygen atoms in total. The van der Waals surface area contributed by atoms with Crippen LogP contribution in [0.3, 0.4) is 0 Å². The topological polar surface area (TPSA) is 38.7 Å². The van der Waals surface area contributed by atoms with Crippen molar-refractivity contribution < 1.29 is 14.6 Å². The maximum atomic E-state index is 10.7. The first-order chi connectivity index (χ1) is 12.0. The lowest BCUT2D eigenvalue weighted by Crippen LogP contribution is -2.66. The van der Waals surface area contributed by atoms with Gasteiger partial charge in [0, 0.05) is 0 Å². The molecule has 5 aliphatic carbocycles. The highest BCUT2D eigenvalue weighted by atomic mass is 16.8. The van der Waals surface area contributed by atoms with Crippen LogP contribution >= 0.6 is 0 Å². The number of hydrogen-bond acceptors (Lipinski definition) is 3. The summed E-state index contributed by atoms with van der Waals surface area (Å²) in [7, 11) is 0. The molecular formula is C23H38O3. The summed E-state index contributed by atoms with van der Waals surface area (Å²) in [4.78, 5) is 0. The smallest absolute Gasteiger partial charge is 0.163 e. The van der Waals surface area contributed by atoms with Gasteiger partial charge < -0.3 is 14.6 Å². The Morgan fingerprint density at radius 3 is 2.31 bits per heavy atom. The molecule has 2 bridgehead atoms. The van der Waals surface area contributed by atoms with Gasteiger partial charge in [0.15, 0.2) is 5.79 Å². The fourth-order valence-electron chi connectivity index (χ4n) is 8.83. The van der Waals surface area contributed by atoms with Crippen molar-refractivity contribution >= 4 is 0 Å². The van der Waals surface area contributed by atoms with Crippen molar-refractivity contribution in [2.24, 2.45) is 34.0 Å². The second-order valence-electron chi connectivity index (χ2n) is 11.9. The predicted molar refractivity (Wildman–Crippen MR) is 102 cm³/mol. The van der Waals surface area contributed by atoms with Gasteiger partial charge in [0.05, 0.1) is 18.3 Å². The van der Waals surface area contributed by atoms with Crippen molar-refractivity contribution in [1.82, 2.24) is 0 Å². The van der Waals surface area contributed by atoms with Gasteiger partial charge in [-0.2, -0.15) is 0 Å². The number of rotatable bonds is 0. The molecule has 5 saturated carbocycles. The zero-order chi connectivity index (χ0) is 18.6. The van der Waals surface area contributed by atoms with E-state index in [1.54, 1.807) is 0 Å². The summed E-state index contributed by atoms with van der Waals surface area (Å²) in [5.74, 6) is 1.70. The van der Waals surface area contributed by atoms with Crippen LogP contribution in [0.25, 0.3) is 0 Å². The summed E-state index contributed by atoms with van der Waals surface area (Å²) in [5, 5.41) is 10.7. The second-order valence-corrected chi connectivity index (χ2v) is 11.9. The molecule has 1 saturated heterocycles. The van der Waals surface area contributed by atoms with Gasteiger partial charge in [0.2, 0.25) is 0 Å². The van der Waals surface area contributed by atoms with Crippen molar-refractivity contribution in [3.05, 3.63) is 0 Å². The molecule has 148 valence electrons. The maximum absolute atomic E-state index is 10.7. The molecule has 3 heteroatoms. The van der Waals surface area contributed by atoms with Crippen molar-refractivity contribution in [3.8, 4) is 0 Å². The predicted octanol–water partition coefficient (Wildman–Crippen LogP) is 4.91. The molecule has 6 fully saturated rings. The minimum atomic E-state index is -0.415. The normalized spacial score (nSPS) is 57.0. The van der Waals surface area contributed by atoms with Crippen LogP contribution < -0.4 is 0 Å². The van der Waals surface area contributed by atoms with Crippen molar-refractivity contribution in [2.45, 2.75) is 103 Å². The van der Waals surface area contributed by atoms with E-state index in [1.165, 1.54) is 44.9 Å². The Bertz CT molecular complexity index is 613. The highest BCUT2D eigenvalue weighted by Crippen LogP contribution is 2.73. The first-order valence-electron chi connectivity index (χ1n) is 11.1. The molecule has 0 radical (unpaired) electrons. The summed E-state index contributed by atoms with van der Waals surface area (Å²) in [6, 6.07) is 0. The van der Waals surface area contributed by atoms with Crippen LogP contribution in [0, 0.1) is 34.0 Å². The van der Waals surface area contributed by atoms with Gasteiger partial charge in [-0.3, -0.25) is 0 Å². The van der Waals surface area contributed by atoms with Crippen LogP contribution in [-0.2, 0) is 9.47 Å². The molecule has 0 unspecified atom stereocenters. The highest BCUT2D eigenvalue weighted by Gasteiger charge is 2.69. The van der Waals surface area contributed by atoms with Crippen LogP contribution in [0.1, 0.15) is 86.0 Å². The zero-order valence-electron chi connectivity index (χ0n) is 17.4. The Hall–Kier alpha value is -0.120. The molecule has 7 atom stereocenters. The average Bonchev–Trinajstić information content (AvgIpc) is 2.86. The van der Waals surface area contributed by atoms with Crippen molar-refractivity contribution in [2.75, 3.05) is 6.61 Å². The summed E-state index contributed by atoms with van der Waals surface area (Å²) >= 11 is 0. The lowest BCUT2D eigenvalue weighted by Gasteiger charge is -2.70. The lowest BCUT2D eigenvalue weighted by atomic mass is 9.35. The number of hydrogen-bond donors (Lipinski definition) is 1. The largest absolute Gasteiger partial charge is 0.393 e. The molecule has 6 rings (SSSR count). The molecule has 0 amide bonds. The Labute approximate surface area is 159 Å². The number of aliphatic hydroxyl groups excluding tert-OH is 1. The van der Waals surface area contributed by atoms with Crippen LogP contribution in [0.4, 0.5) is 0 Å². The van der Waals surface area contributed by atoms with E-state index >= 15 is 0 Å². The van der Waals surface area contributed by atoms with Gasteiger partial charge >= 0.3 is 0 Å². The first-order valence-corrected chi connectivity index (χ1v) is 11.1. The fraction of sp³-hybridized carbons (Fsp3) is 1.00. The number of fused-ring (bicyclic) bond motifs is 2. The van der Waals surface area contributed by atoms with Gasteiger partial charge in [-0.1, -0.05) is 20.8 Å². The Morgan fingerprint density at radius 2 is 1.62 bits per heavy atom. The molecule has 2 spiro atoms. The molecular weight excluding hydrogens is 324 g/mol. The quantitative estimate of drug-likeness (QED) is 0.665. The van der Waals surface area contributed by atoms with E-state index in [2.05, 4.69) is 34.6 Å². The summed E-state index contributed by atoms with van der Waals surface area (Å²) < 4.78 is 12.7. The second kappa shape index (κ2) is 5.07. The summed E-state index contributed by atoms with van der Waals surface area (Å²) in [5.41, 5.74) is 0.863. The monoisotopic (exact) mass is 362 g/mol. The van der Waals surface area contributed by atoms with Crippen molar-refractivity contribution in [3.63, 3.8) is 0 Å². The first kappa shape index (κ1) is 17.9. The van der Waals surface area contributed by atoms with Gasteiger partial charge in [0.1, 0.15) is 0 Å². The van der Waals surface area contributed by atoms with E-state index in [0.29, 0.717) is 22.7 Å². The van der Waals surface area contributed by atoms with Gasteiger partial charge in [-0.25, -0.2) is 0 Å². The van der Waals surface area contributed by atoms with Crippen LogP contribution in [0.15, 0.2) is 0 Å². The average molecular weight is 363 g/mol. The van der Waals surface area contributed by atoms with Gasteiger partial charge in [-0.15, -0.1) is 0 Å². The molecule has 26 heavy (non-hydrogen) atoms. The third kappa shape index (κ3) is 2.12. The Kier molecular flexibility index (Phi) is 3.50. The van der Waals surface area contributed by atoms with Crippen LogP contribution in [0.2, 0.25) is 0 Å². The molecule has 0 aromatic rings. The minimum Gasteiger partial charge on any atom is -0.393 e. The van der Waals surface area contributed by atoms with Gasteiger partial charge in [-0.05, 0) is 99.2 Å². The van der Waals surface area contributed by atoms with E-state index in [1.807, 2.05) is 0 Å². The van der Waals surface area contributed by atoms with Crippen molar-refractivity contribution in [1.29, 1.82) is 0 Å². The van der Waals surface area contributed by atoms with E-state index in [4.69, 9.17) is 9.47 Å². The molecule has 1 aliphatic heterocycles. The van der Waals surface area contributed by atoms with E-state index < -0.39 is 5.79 Å². The SMILES string of the molecule is CC1(C)OC[C@@]2(C[C@]34CC[C@H]2C[C@H]3[C@]2(C)CC[C@H](O)C(C)(C)[C@H]2CC4)O1. The molecule has 1 N–H and O–H groups in total. The Balaban J connectivity index is 1.50. The number of aliphatic hydroxyl groups is 1.